The van der Waals surface area contributed by atoms with E-state index in [1.54, 1.807) is 20.8 Å². The number of ketones is 1. The normalized spacial score (nSPS) is 14.0. The molecule has 0 bridgehead atoms. The molecule has 120 valence electrons. The van der Waals surface area contributed by atoms with Crippen molar-refractivity contribution in [1.82, 2.24) is 0 Å². The van der Waals surface area contributed by atoms with Gasteiger partial charge in [-0.3, -0.25) is 10.1 Å². The molecule has 23 heavy (non-hydrogen) atoms. The summed E-state index contributed by atoms with van der Waals surface area (Å²) in [5.41, 5.74) is -1.37. The largest absolute Gasteiger partial charge is 0.444 e. The minimum atomic E-state index is -0.870. The maximum atomic E-state index is 13.0. The quantitative estimate of drug-likeness (QED) is 0.809. The van der Waals surface area contributed by atoms with Gasteiger partial charge in [0.15, 0.2) is 5.78 Å². The van der Waals surface area contributed by atoms with Crippen LogP contribution in [0, 0.1) is 0 Å². The van der Waals surface area contributed by atoms with Gasteiger partial charge >= 0.3 is 6.09 Å². The van der Waals surface area contributed by atoms with Crippen LogP contribution in [0.1, 0.15) is 43.5 Å². The molecule has 0 radical (unpaired) electrons. The van der Waals surface area contributed by atoms with Gasteiger partial charge in [0, 0.05) is 16.1 Å². The minimum absolute atomic E-state index is 0.0375. The first-order valence-electron chi connectivity index (χ1n) is 9.24. The van der Waals surface area contributed by atoms with Crippen molar-refractivity contribution in [2.24, 2.45) is 0 Å². The van der Waals surface area contributed by atoms with Crippen LogP contribution in [0.5, 0.6) is 0 Å². The molecule has 2 aromatic carbocycles. The molecular weight excluding hydrogens is 314 g/mol. The third-order valence-corrected chi connectivity index (χ3v) is 2.82. The number of carbonyl (C=O) groups is 2. The third-order valence-electron chi connectivity index (χ3n) is 2.59. The van der Waals surface area contributed by atoms with E-state index in [1.807, 2.05) is 0 Å². The Hall–Kier alpha value is -2.33. The first-order chi connectivity index (χ1) is 12.8. The Balaban J connectivity index is 2.56. The average molecular weight is 337 g/mol. The summed E-state index contributed by atoms with van der Waals surface area (Å²) in [7, 11) is 0. The molecule has 1 N–H and O–H groups in total. The molecule has 5 heteroatoms. The molecular formula is C18H18ClNO3. The molecule has 2 rings (SSSR count). The topological polar surface area (TPSA) is 55.4 Å². The van der Waals surface area contributed by atoms with Crippen LogP contribution in [0.2, 0.25) is 5.02 Å². The maximum absolute atomic E-state index is 13.0. The van der Waals surface area contributed by atoms with Gasteiger partial charge in [-0.05, 0) is 39.0 Å². The van der Waals surface area contributed by atoms with E-state index in [2.05, 4.69) is 5.32 Å². The molecule has 0 spiro atoms. The van der Waals surface area contributed by atoms with Crippen molar-refractivity contribution in [2.75, 3.05) is 5.32 Å². The first kappa shape index (κ1) is 11.2. The molecule has 0 fully saturated rings. The lowest BCUT2D eigenvalue weighted by Gasteiger charge is -2.20. The average Bonchev–Trinajstić information content (AvgIpc) is 2.58. The van der Waals surface area contributed by atoms with Crippen molar-refractivity contribution in [3.63, 3.8) is 0 Å². The number of hydrogen-bond acceptors (Lipinski definition) is 3. The van der Waals surface area contributed by atoms with Gasteiger partial charge in [0.05, 0.1) is 12.5 Å². The second kappa shape index (κ2) is 6.84. The number of amides is 1. The predicted octanol–water partition coefficient (Wildman–Crippen LogP) is 4.92. The fourth-order valence-corrected chi connectivity index (χ4v) is 1.90. The number of rotatable bonds is 3. The summed E-state index contributed by atoms with van der Waals surface area (Å²) >= 11 is 5.96. The highest BCUT2D eigenvalue weighted by molar-refractivity contribution is 6.31. The second-order valence-corrected chi connectivity index (χ2v) is 6.08. The van der Waals surface area contributed by atoms with E-state index in [1.165, 1.54) is 18.2 Å². The van der Waals surface area contributed by atoms with Crippen molar-refractivity contribution in [3.05, 3.63) is 64.6 Å². The number of carbonyl (C=O) groups excluding carboxylic acids is 2. The molecule has 1 amide bonds. The zero-order valence-electron chi connectivity index (χ0n) is 17.8. The van der Waals surface area contributed by atoms with E-state index in [-0.39, 0.29) is 16.3 Å². The van der Waals surface area contributed by atoms with Crippen LogP contribution in [0.3, 0.4) is 0 Å². The number of ether oxygens (including phenoxy) is 1. The van der Waals surface area contributed by atoms with Gasteiger partial charge in [0.25, 0.3) is 0 Å². The fraction of sp³-hybridized carbons (Fsp3) is 0.222. The molecule has 0 heterocycles. The number of benzene rings is 2. The zero-order chi connectivity index (χ0) is 21.4. The van der Waals surface area contributed by atoms with E-state index >= 15 is 0 Å². The Bertz CT molecular complexity index is 944. The van der Waals surface area contributed by atoms with Gasteiger partial charge in [-0.1, -0.05) is 41.8 Å². The Kier molecular flexibility index (Phi) is 3.34. The number of halogens is 1. The monoisotopic (exact) mass is 336 g/mol. The number of hydrogen-bond donors (Lipinski definition) is 1. The minimum Gasteiger partial charge on any atom is -0.444 e. The predicted molar refractivity (Wildman–Crippen MR) is 91.2 cm³/mol. The molecule has 0 aliphatic carbocycles. The summed E-state index contributed by atoms with van der Waals surface area (Å²) in [4.78, 5) is 25.1. The van der Waals surface area contributed by atoms with Crippen molar-refractivity contribution in [1.29, 1.82) is 0 Å². The summed E-state index contributed by atoms with van der Waals surface area (Å²) in [6.07, 6.45) is -0.815. The van der Waals surface area contributed by atoms with Gasteiger partial charge in [0.1, 0.15) is 5.60 Å². The molecule has 0 atom stereocenters. The van der Waals surface area contributed by atoms with Gasteiger partial charge < -0.3 is 4.74 Å². The smallest absolute Gasteiger partial charge is 0.412 e. The third kappa shape index (κ3) is 4.83. The fourth-order valence-electron chi connectivity index (χ4n) is 1.73. The van der Waals surface area contributed by atoms with Crippen LogP contribution in [-0.4, -0.2) is 17.5 Å². The summed E-state index contributed by atoms with van der Waals surface area (Å²) in [5.74, 6) is -0.870. The number of anilines is 1. The molecule has 0 unspecified atom stereocenters. The lowest BCUT2D eigenvalue weighted by atomic mass is 10.0. The van der Waals surface area contributed by atoms with E-state index in [9.17, 15) is 9.59 Å². The molecule has 0 saturated heterocycles. The van der Waals surface area contributed by atoms with Crippen LogP contribution >= 0.6 is 11.6 Å². The van der Waals surface area contributed by atoms with E-state index in [0.717, 1.165) is 0 Å². The van der Waals surface area contributed by atoms with Crippen molar-refractivity contribution in [3.8, 4) is 0 Å². The van der Waals surface area contributed by atoms with E-state index in [0.29, 0.717) is 0 Å². The lowest BCUT2D eigenvalue weighted by Crippen LogP contribution is -2.27. The Morgan fingerprint density at radius 3 is 2.43 bits per heavy atom. The van der Waals surface area contributed by atoms with Crippen molar-refractivity contribution < 1.29 is 21.2 Å². The highest BCUT2D eigenvalue weighted by Crippen LogP contribution is 2.24. The summed E-state index contributed by atoms with van der Waals surface area (Å²) in [6.45, 7) is 5.02. The molecule has 0 aliphatic heterocycles. The van der Waals surface area contributed by atoms with Crippen LogP contribution in [0.4, 0.5) is 10.5 Å². The lowest BCUT2D eigenvalue weighted by molar-refractivity contribution is 0.0636. The Morgan fingerprint density at radius 2 is 1.83 bits per heavy atom. The molecule has 0 aromatic heterocycles. The summed E-state index contributed by atoms with van der Waals surface area (Å²) in [5, 5.41) is 2.60. The molecule has 0 aliphatic rings. The molecule has 4 nitrogen and oxygen atoms in total. The second-order valence-electron chi connectivity index (χ2n) is 5.65. The van der Waals surface area contributed by atoms with Crippen LogP contribution in [0.25, 0.3) is 0 Å². The Morgan fingerprint density at radius 1 is 1.17 bits per heavy atom. The van der Waals surface area contributed by atoms with Gasteiger partial charge in [-0.25, -0.2) is 4.79 Å². The summed E-state index contributed by atoms with van der Waals surface area (Å²) in [6, 6.07) is 0.906. The van der Waals surface area contributed by atoms with Crippen LogP contribution in [0.15, 0.2) is 48.4 Å². The van der Waals surface area contributed by atoms with E-state index in [4.69, 9.17) is 23.2 Å². The zero-order valence-corrected chi connectivity index (χ0v) is 13.6. The Labute approximate surface area is 147 Å². The SMILES string of the molecule is [2H]c1c([2H])c([2H])c(C(=O)c2cc(Cl)ccc2NC(=O)OC(C)(C)C)c([2H])c1[2H]. The van der Waals surface area contributed by atoms with Crippen molar-refractivity contribution >= 4 is 29.2 Å². The standard InChI is InChI=1S/C18H18ClNO3/c1-18(2,3)23-17(22)20-15-10-9-13(19)11-14(15)16(21)12-7-5-4-6-8-12/h4-11H,1-3H3,(H,20,22)/i4D,5D,6D,7D,8D. The summed E-state index contributed by atoms with van der Waals surface area (Å²) < 4.78 is 44.2. The van der Waals surface area contributed by atoms with Crippen molar-refractivity contribution in [2.45, 2.75) is 26.4 Å². The van der Waals surface area contributed by atoms with Crippen LogP contribution in [-0.2, 0) is 4.74 Å². The first-order valence-corrected chi connectivity index (χ1v) is 7.12. The van der Waals surface area contributed by atoms with Crippen LogP contribution < -0.4 is 5.32 Å². The molecule has 2 aromatic rings. The van der Waals surface area contributed by atoms with E-state index < -0.39 is 53.3 Å². The molecule has 0 saturated carbocycles. The van der Waals surface area contributed by atoms with Gasteiger partial charge in [0.2, 0.25) is 0 Å². The van der Waals surface area contributed by atoms with Gasteiger partial charge in [-0.15, -0.1) is 0 Å². The maximum Gasteiger partial charge on any atom is 0.412 e. The highest BCUT2D eigenvalue weighted by Gasteiger charge is 2.20. The number of nitrogens with one attached hydrogen (secondary N) is 1. The highest BCUT2D eigenvalue weighted by atomic mass is 35.5. The van der Waals surface area contributed by atoms with Gasteiger partial charge in [-0.2, -0.15) is 0 Å².